The van der Waals surface area contributed by atoms with Crippen molar-refractivity contribution in [2.75, 3.05) is 13.6 Å². The SMILES string of the molecule is CN(C[C@H](O)C(F)(F)F)C(=O)NCc1ccc2c(c1)CCC2. The van der Waals surface area contributed by atoms with Gasteiger partial charge in [-0.3, -0.25) is 0 Å². The molecule has 7 heteroatoms. The van der Waals surface area contributed by atoms with Crippen LogP contribution < -0.4 is 5.32 Å². The van der Waals surface area contributed by atoms with E-state index >= 15 is 0 Å². The third kappa shape index (κ3) is 4.13. The fourth-order valence-corrected chi connectivity index (χ4v) is 2.49. The summed E-state index contributed by atoms with van der Waals surface area (Å²) in [5, 5.41) is 11.5. The molecule has 0 spiro atoms. The fraction of sp³-hybridized carbons (Fsp3) is 0.533. The van der Waals surface area contributed by atoms with Crippen LogP contribution in [0.3, 0.4) is 0 Å². The van der Waals surface area contributed by atoms with Crippen molar-refractivity contribution in [3.8, 4) is 0 Å². The summed E-state index contributed by atoms with van der Waals surface area (Å²) in [5.41, 5.74) is 3.51. The van der Waals surface area contributed by atoms with Gasteiger partial charge in [-0.15, -0.1) is 0 Å². The van der Waals surface area contributed by atoms with Crippen molar-refractivity contribution in [3.63, 3.8) is 0 Å². The molecule has 1 aliphatic carbocycles. The minimum absolute atomic E-state index is 0.249. The van der Waals surface area contributed by atoms with E-state index in [0.717, 1.165) is 29.7 Å². The van der Waals surface area contributed by atoms with Crippen LogP contribution in [0.1, 0.15) is 23.1 Å². The predicted octanol–water partition coefficient (Wildman–Crippen LogP) is 2.24. The first-order valence-electron chi connectivity index (χ1n) is 7.12. The van der Waals surface area contributed by atoms with Gasteiger partial charge < -0.3 is 15.3 Å². The lowest BCUT2D eigenvalue weighted by molar-refractivity contribution is -0.205. The van der Waals surface area contributed by atoms with E-state index in [0.29, 0.717) is 0 Å². The van der Waals surface area contributed by atoms with Gasteiger partial charge in [0.2, 0.25) is 0 Å². The third-order valence-corrected chi connectivity index (χ3v) is 3.78. The van der Waals surface area contributed by atoms with Gasteiger partial charge in [0.25, 0.3) is 0 Å². The average Bonchev–Trinajstić information content (AvgIpc) is 2.90. The molecule has 2 rings (SSSR count). The van der Waals surface area contributed by atoms with E-state index in [1.165, 1.54) is 18.2 Å². The number of likely N-dealkylation sites (N-methyl/N-ethyl adjacent to an activating group) is 1. The molecule has 2 amide bonds. The van der Waals surface area contributed by atoms with Gasteiger partial charge in [0.1, 0.15) is 0 Å². The Morgan fingerprint density at radius 1 is 1.36 bits per heavy atom. The number of hydrogen-bond acceptors (Lipinski definition) is 2. The highest BCUT2D eigenvalue weighted by Crippen LogP contribution is 2.23. The Hall–Kier alpha value is -1.76. The number of carbonyl (C=O) groups is 1. The van der Waals surface area contributed by atoms with Crippen molar-refractivity contribution in [2.24, 2.45) is 0 Å². The largest absolute Gasteiger partial charge is 0.416 e. The van der Waals surface area contributed by atoms with Crippen molar-refractivity contribution >= 4 is 6.03 Å². The first-order chi connectivity index (χ1) is 10.3. The fourth-order valence-electron chi connectivity index (χ4n) is 2.49. The molecule has 0 saturated heterocycles. The zero-order valence-electron chi connectivity index (χ0n) is 12.3. The Bertz CT molecular complexity index is 546. The van der Waals surface area contributed by atoms with Crippen molar-refractivity contribution in [1.82, 2.24) is 10.2 Å². The number of carbonyl (C=O) groups excluding carboxylic acids is 1. The summed E-state index contributed by atoms with van der Waals surface area (Å²) in [6.07, 6.45) is -4.05. The van der Waals surface area contributed by atoms with Crippen LogP contribution in [0, 0.1) is 0 Å². The smallest absolute Gasteiger partial charge is 0.382 e. The lowest BCUT2D eigenvalue weighted by Gasteiger charge is -2.22. The highest BCUT2D eigenvalue weighted by Gasteiger charge is 2.39. The van der Waals surface area contributed by atoms with E-state index in [1.54, 1.807) is 0 Å². The molecule has 0 heterocycles. The highest BCUT2D eigenvalue weighted by molar-refractivity contribution is 5.73. The van der Waals surface area contributed by atoms with E-state index in [1.807, 2.05) is 18.2 Å². The molecule has 0 fully saturated rings. The van der Waals surface area contributed by atoms with Crippen LogP contribution in [0.25, 0.3) is 0 Å². The van der Waals surface area contributed by atoms with E-state index in [2.05, 4.69) is 5.32 Å². The van der Waals surface area contributed by atoms with Gasteiger partial charge in [-0.05, 0) is 36.0 Å². The van der Waals surface area contributed by atoms with Crippen molar-refractivity contribution in [2.45, 2.75) is 38.1 Å². The molecule has 1 aromatic rings. The van der Waals surface area contributed by atoms with Crippen LogP contribution in [0.5, 0.6) is 0 Å². The summed E-state index contributed by atoms with van der Waals surface area (Å²) >= 11 is 0. The molecule has 1 aliphatic rings. The number of fused-ring (bicyclic) bond motifs is 1. The van der Waals surface area contributed by atoms with Crippen LogP contribution in [0.15, 0.2) is 18.2 Å². The normalized spacial score (nSPS) is 15.3. The molecule has 0 radical (unpaired) electrons. The predicted molar refractivity (Wildman–Crippen MR) is 75.4 cm³/mol. The topological polar surface area (TPSA) is 52.6 Å². The van der Waals surface area contributed by atoms with Crippen LogP contribution in [-0.2, 0) is 19.4 Å². The zero-order valence-corrected chi connectivity index (χ0v) is 12.3. The molecule has 22 heavy (non-hydrogen) atoms. The Kier molecular flexibility index (Phi) is 4.95. The van der Waals surface area contributed by atoms with Crippen LogP contribution in [0.2, 0.25) is 0 Å². The van der Waals surface area contributed by atoms with Crippen LogP contribution in [0.4, 0.5) is 18.0 Å². The van der Waals surface area contributed by atoms with E-state index in [4.69, 9.17) is 5.11 Å². The minimum atomic E-state index is -4.73. The monoisotopic (exact) mass is 316 g/mol. The molecule has 0 aromatic heterocycles. The van der Waals surface area contributed by atoms with Crippen LogP contribution in [-0.4, -0.2) is 41.9 Å². The number of aliphatic hydroxyl groups is 1. The number of nitrogens with one attached hydrogen (secondary N) is 1. The maximum atomic E-state index is 12.2. The zero-order chi connectivity index (χ0) is 16.3. The molecule has 0 bridgehead atoms. The second-order valence-electron chi connectivity index (χ2n) is 5.55. The van der Waals surface area contributed by atoms with Crippen molar-refractivity contribution in [3.05, 3.63) is 34.9 Å². The lowest BCUT2D eigenvalue weighted by atomic mass is 10.1. The number of nitrogens with zero attached hydrogens (tertiary/aromatic N) is 1. The molecule has 1 aromatic carbocycles. The van der Waals surface area contributed by atoms with E-state index in [9.17, 15) is 18.0 Å². The Morgan fingerprint density at radius 2 is 2.05 bits per heavy atom. The van der Waals surface area contributed by atoms with Gasteiger partial charge >= 0.3 is 12.2 Å². The van der Waals surface area contributed by atoms with Gasteiger partial charge in [0.05, 0.1) is 6.54 Å². The number of aliphatic hydroxyl groups excluding tert-OH is 1. The molecular formula is C15H19F3N2O2. The number of aryl methyl sites for hydroxylation is 2. The Balaban J connectivity index is 1.84. The standard InChI is InChI=1S/C15H19F3N2O2/c1-20(9-13(21)15(16,17)18)14(22)19-8-10-5-6-11-3-2-4-12(11)7-10/h5-7,13,21H,2-4,8-9H2,1H3,(H,19,22)/t13-/m0/s1. The number of benzene rings is 1. The van der Waals surface area contributed by atoms with Gasteiger partial charge in [0.15, 0.2) is 6.10 Å². The van der Waals surface area contributed by atoms with E-state index < -0.39 is 24.9 Å². The molecule has 122 valence electrons. The maximum absolute atomic E-state index is 12.2. The summed E-state index contributed by atoms with van der Waals surface area (Å²) in [6.45, 7) is -0.544. The maximum Gasteiger partial charge on any atom is 0.416 e. The lowest BCUT2D eigenvalue weighted by Crippen LogP contribution is -2.45. The molecule has 2 N–H and O–H groups in total. The molecular weight excluding hydrogens is 297 g/mol. The summed E-state index contributed by atoms with van der Waals surface area (Å²) in [5.74, 6) is 0. The Morgan fingerprint density at radius 3 is 2.73 bits per heavy atom. The number of alkyl halides is 3. The number of amides is 2. The third-order valence-electron chi connectivity index (χ3n) is 3.78. The minimum Gasteiger partial charge on any atom is -0.382 e. The first kappa shape index (κ1) is 16.6. The molecule has 0 aliphatic heterocycles. The summed E-state index contributed by atoms with van der Waals surface area (Å²) in [4.78, 5) is 12.6. The van der Waals surface area contributed by atoms with Crippen LogP contribution >= 0.6 is 0 Å². The van der Waals surface area contributed by atoms with E-state index in [-0.39, 0.29) is 6.54 Å². The summed E-state index contributed by atoms with van der Waals surface area (Å²) in [6, 6.07) is 5.31. The average molecular weight is 316 g/mol. The highest BCUT2D eigenvalue weighted by atomic mass is 19.4. The summed E-state index contributed by atoms with van der Waals surface area (Å²) < 4.78 is 36.7. The van der Waals surface area contributed by atoms with Gasteiger partial charge in [-0.2, -0.15) is 13.2 Å². The number of rotatable bonds is 4. The first-order valence-corrected chi connectivity index (χ1v) is 7.12. The number of urea groups is 1. The molecule has 1 atom stereocenters. The number of hydrogen-bond donors (Lipinski definition) is 2. The van der Waals surface area contributed by atoms with Gasteiger partial charge in [-0.1, -0.05) is 18.2 Å². The summed E-state index contributed by atoms with van der Waals surface area (Å²) in [7, 11) is 1.22. The van der Waals surface area contributed by atoms with Crippen molar-refractivity contribution < 1.29 is 23.1 Å². The second kappa shape index (κ2) is 6.56. The quantitative estimate of drug-likeness (QED) is 0.895. The molecule has 0 saturated carbocycles. The van der Waals surface area contributed by atoms with Gasteiger partial charge in [0, 0.05) is 13.6 Å². The van der Waals surface area contributed by atoms with Gasteiger partial charge in [-0.25, -0.2) is 4.79 Å². The second-order valence-corrected chi connectivity index (χ2v) is 5.55. The Labute approximate surface area is 126 Å². The van der Waals surface area contributed by atoms with Crippen molar-refractivity contribution in [1.29, 1.82) is 0 Å². The molecule has 4 nitrogen and oxygen atoms in total. The molecule has 0 unspecified atom stereocenters. The number of halogens is 3.